The van der Waals surface area contributed by atoms with Crippen LogP contribution in [0.2, 0.25) is 0 Å². The highest BCUT2D eigenvalue weighted by Crippen LogP contribution is 2.34. The number of carbonyl (C=O) groups is 3. The maximum absolute atomic E-state index is 12.8. The maximum atomic E-state index is 12.8. The number of nitrogens with zero attached hydrogens (tertiary/aromatic N) is 1. The number of allylic oxidation sites excluding steroid dienone is 1. The Balaban J connectivity index is 1.73. The summed E-state index contributed by atoms with van der Waals surface area (Å²) in [4.78, 5) is 39.4. The monoisotopic (exact) mass is 433 g/mol. The summed E-state index contributed by atoms with van der Waals surface area (Å²) in [5, 5.41) is 6.32. The summed E-state index contributed by atoms with van der Waals surface area (Å²) in [6.07, 6.45) is 2.94. The van der Waals surface area contributed by atoms with Crippen molar-refractivity contribution in [1.82, 2.24) is 15.5 Å². The van der Waals surface area contributed by atoms with Gasteiger partial charge in [0, 0.05) is 31.0 Å². The lowest BCUT2D eigenvalue weighted by Gasteiger charge is -2.32. The van der Waals surface area contributed by atoms with Crippen molar-refractivity contribution in [3.05, 3.63) is 40.4 Å². The van der Waals surface area contributed by atoms with E-state index >= 15 is 0 Å². The molecule has 0 bridgehead atoms. The van der Waals surface area contributed by atoms with E-state index in [2.05, 4.69) is 10.6 Å². The minimum atomic E-state index is -0.685. The highest BCUT2D eigenvalue weighted by Gasteiger charge is 2.41. The van der Waals surface area contributed by atoms with Crippen LogP contribution in [0.25, 0.3) is 0 Å². The first-order chi connectivity index (χ1) is 14.2. The van der Waals surface area contributed by atoms with Crippen molar-refractivity contribution in [2.75, 3.05) is 19.6 Å². The summed E-state index contributed by atoms with van der Waals surface area (Å²) in [7, 11) is 0. The minimum absolute atomic E-state index is 0.0955. The van der Waals surface area contributed by atoms with Crippen molar-refractivity contribution in [2.45, 2.75) is 51.7 Å². The van der Waals surface area contributed by atoms with E-state index < -0.39 is 11.6 Å². The standard InChI is InChI=1S/C22H28ClN3O4/c1-14-4-5-18-17(12-14)21(29)25-13-22(30-18)8-6-19(27)26(11-9-22)16(3)20(28)24-10-7-15(2)23/h4-5,7,12,16H,6,8-11,13H2,1-3H3,(H,24,28)(H,25,29). The van der Waals surface area contributed by atoms with E-state index in [4.69, 9.17) is 16.3 Å². The van der Waals surface area contributed by atoms with Gasteiger partial charge in [-0.15, -0.1) is 0 Å². The van der Waals surface area contributed by atoms with E-state index in [1.54, 1.807) is 30.9 Å². The molecular formula is C22H28ClN3O4. The van der Waals surface area contributed by atoms with E-state index in [1.165, 1.54) is 0 Å². The fourth-order valence-corrected chi connectivity index (χ4v) is 3.92. The number of carbonyl (C=O) groups excluding carboxylic acids is 3. The quantitative estimate of drug-likeness (QED) is 0.763. The van der Waals surface area contributed by atoms with Crippen molar-refractivity contribution in [2.24, 2.45) is 0 Å². The van der Waals surface area contributed by atoms with Crippen LogP contribution in [-0.4, -0.2) is 53.9 Å². The van der Waals surface area contributed by atoms with Crippen molar-refractivity contribution < 1.29 is 19.1 Å². The molecule has 162 valence electrons. The second-order valence-corrected chi connectivity index (χ2v) is 8.61. The predicted octanol–water partition coefficient (Wildman–Crippen LogP) is 2.52. The summed E-state index contributed by atoms with van der Waals surface area (Å²) in [6, 6.07) is 4.92. The smallest absolute Gasteiger partial charge is 0.255 e. The van der Waals surface area contributed by atoms with Crippen molar-refractivity contribution >= 4 is 29.3 Å². The first-order valence-electron chi connectivity index (χ1n) is 10.2. The minimum Gasteiger partial charge on any atom is -0.485 e. The van der Waals surface area contributed by atoms with Gasteiger partial charge in [-0.2, -0.15) is 0 Å². The molecule has 3 amide bonds. The molecule has 7 nitrogen and oxygen atoms in total. The number of hydrogen-bond donors (Lipinski definition) is 2. The molecule has 0 aromatic heterocycles. The lowest BCUT2D eigenvalue weighted by atomic mass is 9.94. The third-order valence-corrected chi connectivity index (χ3v) is 5.86. The number of likely N-dealkylation sites (tertiary alicyclic amines) is 1. The molecule has 1 fully saturated rings. The Labute approximate surface area is 181 Å². The van der Waals surface area contributed by atoms with Crippen LogP contribution in [0.3, 0.4) is 0 Å². The number of aryl methyl sites for hydroxylation is 1. The van der Waals surface area contributed by atoms with Gasteiger partial charge in [-0.05, 0) is 39.3 Å². The van der Waals surface area contributed by atoms with E-state index in [0.29, 0.717) is 48.8 Å². The van der Waals surface area contributed by atoms with Gasteiger partial charge >= 0.3 is 0 Å². The van der Waals surface area contributed by atoms with Crippen LogP contribution in [-0.2, 0) is 9.59 Å². The van der Waals surface area contributed by atoms with Crippen LogP contribution >= 0.6 is 11.6 Å². The van der Waals surface area contributed by atoms with Gasteiger partial charge in [-0.3, -0.25) is 14.4 Å². The third-order valence-electron chi connectivity index (χ3n) is 5.71. The van der Waals surface area contributed by atoms with Crippen LogP contribution in [0, 0.1) is 6.92 Å². The van der Waals surface area contributed by atoms with Gasteiger partial charge in [0.25, 0.3) is 5.91 Å². The average molecular weight is 434 g/mol. The Morgan fingerprint density at radius 1 is 1.40 bits per heavy atom. The molecule has 0 radical (unpaired) electrons. The Morgan fingerprint density at radius 2 is 2.17 bits per heavy atom. The first kappa shape index (κ1) is 22.2. The van der Waals surface area contributed by atoms with Gasteiger partial charge in [0.1, 0.15) is 17.4 Å². The molecule has 3 rings (SSSR count). The van der Waals surface area contributed by atoms with Gasteiger partial charge in [0.15, 0.2) is 0 Å². The van der Waals surface area contributed by atoms with Crippen LogP contribution in [0.1, 0.15) is 49.0 Å². The second-order valence-electron chi connectivity index (χ2n) is 8.02. The number of nitrogens with one attached hydrogen (secondary N) is 2. The number of amides is 3. The third kappa shape index (κ3) is 4.95. The molecule has 8 heteroatoms. The lowest BCUT2D eigenvalue weighted by Crippen LogP contribution is -2.49. The number of ether oxygens (including phenoxy) is 1. The molecule has 1 aromatic carbocycles. The number of hydrogen-bond acceptors (Lipinski definition) is 4. The van der Waals surface area contributed by atoms with E-state index in [-0.39, 0.29) is 24.1 Å². The molecule has 2 aliphatic heterocycles. The highest BCUT2D eigenvalue weighted by atomic mass is 35.5. The van der Waals surface area contributed by atoms with Crippen molar-refractivity contribution in [1.29, 1.82) is 0 Å². The highest BCUT2D eigenvalue weighted by molar-refractivity contribution is 6.29. The van der Waals surface area contributed by atoms with Crippen molar-refractivity contribution in [3.8, 4) is 5.75 Å². The molecule has 2 N–H and O–H groups in total. The molecule has 30 heavy (non-hydrogen) atoms. The number of benzene rings is 1. The number of halogens is 1. The first-order valence-corrected chi connectivity index (χ1v) is 10.6. The fourth-order valence-electron chi connectivity index (χ4n) is 3.84. The Morgan fingerprint density at radius 3 is 2.90 bits per heavy atom. The van der Waals surface area contributed by atoms with Crippen LogP contribution in [0.4, 0.5) is 0 Å². The molecule has 1 saturated heterocycles. The summed E-state index contributed by atoms with van der Waals surface area (Å²) in [5.74, 6) is 0.0326. The molecule has 1 spiro atoms. The number of rotatable bonds is 4. The fraction of sp³-hybridized carbons (Fsp3) is 0.500. The van der Waals surface area contributed by atoms with Gasteiger partial charge in [0.05, 0.1) is 12.1 Å². The van der Waals surface area contributed by atoms with Crippen LogP contribution in [0.15, 0.2) is 29.3 Å². The van der Waals surface area contributed by atoms with Crippen molar-refractivity contribution in [3.63, 3.8) is 0 Å². The average Bonchev–Trinajstić information content (AvgIpc) is 2.94. The van der Waals surface area contributed by atoms with E-state index in [1.807, 2.05) is 19.1 Å². The Bertz CT molecular complexity index is 881. The zero-order chi connectivity index (χ0) is 21.9. The molecule has 2 heterocycles. The lowest BCUT2D eigenvalue weighted by molar-refractivity contribution is -0.139. The van der Waals surface area contributed by atoms with Gasteiger partial charge in [-0.25, -0.2) is 0 Å². The SMILES string of the molecule is CC(Cl)=CCNC(=O)C(C)N1CCC2(CCC1=O)CNC(=O)c1cc(C)ccc1O2. The predicted molar refractivity (Wildman–Crippen MR) is 115 cm³/mol. The molecular weight excluding hydrogens is 406 g/mol. The molecule has 2 atom stereocenters. The van der Waals surface area contributed by atoms with Gasteiger partial charge in [0.2, 0.25) is 11.8 Å². The second kappa shape index (κ2) is 9.08. The Kier molecular flexibility index (Phi) is 6.71. The summed E-state index contributed by atoms with van der Waals surface area (Å²) in [5.41, 5.74) is 0.800. The normalized spacial score (nSPS) is 23.1. The molecule has 2 unspecified atom stereocenters. The summed E-state index contributed by atoms with van der Waals surface area (Å²) < 4.78 is 6.33. The Hall–Kier alpha value is -2.54. The van der Waals surface area contributed by atoms with E-state index in [9.17, 15) is 14.4 Å². The largest absolute Gasteiger partial charge is 0.485 e. The molecule has 2 aliphatic rings. The molecule has 0 saturated carbocycles. The van der Waals surface area contributed by atoms with Gasteiger partial charge in [-0.1, -0.05) is 29.3 Å². The summed E-state index contributed by atoms with van der Waals surface area (Å²) in [6.45, 7) is 6.38. The molecule has 1 aromatic rings. The van der Waals surface area contributed by atoms with Crippen LogP contribution < -0.4 is 15.4 Å². The summed E-state index contributed by atoms with van der Waals surface area (Å²) >= 11 is 5.79. The van der Waals surface area contributed by atoms with E-state index in [0.717, 1.165) is 5.56 Å². The maximum Gasteiger partial charge on any atom is 0.255 e. The zero-order valence-corrected chi connectivity index (χ0v) is 18.3. The topological polar surface area (TPSA) is 87.7 Å². The molecule has 0 aliphatic carbocycles. The zero-order valence-electron chi connectivity index (χ0n) is 17.6. The number of fused-ring (bicyclic) bond motifs is 1. The van der Waals surface area contributed by atoms with Crippen LogP contribution in [0.5, 0.6) is 5.75 Å². The van der Waals surface area contributed by atoms with Gasteiger partial charge < -0.3 is 20.3 Å².